The lowest BCUT2D eigenvalue weighted by atomic mass is 10.2. The Hall–Kier alpha value is -1.82. The summed E-state index contributed by atoms with van der Waals surface area (Å²) in [7, 11) is -3.49. The summed E-state index contributed by atoms with van der Waals surface area (Å²) in [6, 6.07) is 8.20. The number of rotatable bonds is 5. The maximum atomic E-state index is 11.7. The van der Waals surface area contributed by atoms with Gasteiger partial charge in [-0.25, -0.2) is 13.1 Å². The zero-order valence-electron chi connectivity index (χ0n) is 9.18. The Morgan fingerprint density at radius 2 is 1.94 bits per heavy atom. The van der Waals surface area contributed by atoms with Gasteiger partial charge in [0.05, 0.1) is 17.4 Å². The number of benzene rings is 1. The van der Waals surface area contributed by atoms with E-state index in [1.54, 1.807) is 12.1 Å². The average molecular weight is 248 g/mol. The molecule has 0 aromatic heterocycles. The molecule has 0 radical (unpaired) electrons. The van der Waals surface area contributed by atoms with Gasteiger partial charge in [0.15, 0.2) is 0 Å². The molecule has 0 bridgehead atoms. The minimum Gasteiger partial charge on any atom is -0.210 e. The van der Waals surface area contributed by atoms with Crippen molar-refractivity contribution in [2.45, 2.75) is 17.7 Å². The van der Waals surface area contributed by atoms with E-state index in [1.807, 2.05) is 6.07 Å². The van der Waals surface area contributed by atoms with E-state index in [1.165, 1.54) is 12.1 Å². The van der Waals surface area contributed by atoms with Crippen molar-refractivity contribution in [2.24, 2.45) is 0 Å². The smallest absolute Gasteiger partial charge is 0.210 e. The van der Waals surface area contributed by atoms with Crippen LogP contribution in [0, 0.1) is 23.7 Å². The van der Waals surface area contributed by atoms with Gasteiger partial charge in [-0.2, -0.15) is 5.26 Å². The molecule has 17 heavy (non-hydrogen) atoms. The summed E-state index contributed by atoms with van der Waals surface area (Å²) in [6.07, 6.45) is 5.66. The molecule has 0 aliphatic heterocycles. The van der Waals surface area contributed by atoms with Gasteiger partial charge in [-0.15, -0.1) is 12.3 Å². The number of hydrogen-bond donors (Lipinski definition) is 1. The van der Waals surface area contributed by atoms with Gasteiger partial charge >= 0.3 is 0 Å². The van der Waals surface area contributed by atoms with Gasteiger partial charge in [-0.1, -0.05) is 12.1 Å². The summed E-state index contributed by atoms with van der Waals surface area (Å²) in [6.45, 7) is 0.221. The third-order valence-electron chi connectivity index (χ3n) is 2.08. The van der Waals surface area contributed by atoms with Crippen LogP contribution >= 0.6 is 0 Å². The quantitative estimate of drug-likeness (QED) is 0.625. The van der Waals surface area contributed by atoms with Crippen LogP contribution in [-0.2, 0) is 16.4 Å². The van der Waals surface area contributed by atoms with Gasteiger partial charge in [-0.05, 0) is 17.7 Å². The van der Waals surface area contributed by atoms with Crippen LogP contribution in [0.2, 0.25) is 0 Å². The SMILES string of the molecule is C#CCCNS(=O)(=O)c1ccc(CC#N)cc1. The minimum absolute atomic E-state index is 0.177. The monoisotopic (exact) mass is 248 g/mol. The standard InChI is InChI=1S/C12H12N2O2S/c1-2-3-10-14-17(15,16)12-6-4-11(5-7-12)8-9-13/h1,4-7,14H,3,8,10H2. The first-order chi connectivity index (χ1) is 8.10. The number of nitrogens with zero attached hydrogens (tertiary/aromatic N) is 1. The van der Waals surface area contributed by atoms with Crippen LogP contribution in [0.25, 0.3) is 0 Å². The van der Waals surface area contributed by atoms with E-state index in [4.69, 9.17) is 11.7 Å². The van der Waals surface area contributed by atoms with Gasteiger partial charge in [-0.3, -0.25) is 0 Å². The van der Waals surface area contributed by atoms with E-state index in [9.17, 15) is 8.42 Å². The molecule has 1 rings (SSSR count). The summed E-state index contributed by atoms with van der Waals surface area (Å²) >= 11 is 0. The van der Waals surface area contributed by atoms with Crippen LogP contribution < -0.4 is 4.72 Å². The largest absolute Gasteiger partial charge is 0.240 e. The number of nitriles is 1. The van der Waals surface area contributed by atoms with Crippen molar-refractivity contribution in [1.29, 1.82) is 5.26 Å². The number of sulfonamides is 1. The fraction of sp³-hybridized carbons (Fsp3) is 0.250. The first-order valence-electron chi connectivity index (χ1n) is 4.99. The molecular weight excluding hydrogens is 236 g/mol. The van der Waals surface area contributed by atoms with Crippen molar-refractivity contribution >= 4 is 10.0 Å². The maximum absolute atomic E-state index is 11.7. The van der Waals surface area contributed by atoms with Gasteiger partial charge in [0.1, 0.15) is 0 Å². The average Bonchev–Trinajstić information content (AvgIpc) is 2.30. The summed E-state index contributed by atoms with van der Waals surface area (Å²) in [5.41, 5.74) is 0.787. The predicted octanol–water partition coefficient (Wildman–Crippen LogP) is 1.05. The molecule has 0 fully saturated rings. The van der Waals surface area contributed by atoms with Crippen LogP contribution in [0.4, 0.5) is 0 Å². The Labute approximate surface area is 101 Å². The van der Waals surface area contributed by atoms with Crippen molar-refractivity contribution in [3.8, 4) is 18.4 Å². The Morgan fingerprint density at radius 3 is 2.47 bits per heavy atom. The second-order valence-electron chi connectivity index (χ2n) is 3.33. The Kier molecular flexibility index (Phi) is 4.71. The molecule has 0 atom stereocenters. The van der Waals surface area contributed by atoms with E-state index in [2.05, 4.69) is 10.6 Å². The molecule has 0 amide bonds. The van der Waals surface area contributed by atoms with Crippen LogP contribution in [0.3, 0.4) is 0 Å². The molecule has 0 unspecified atom stereocenters. The van der Waals surface area contributed by atoms with Gasteiger partial charge in [0.25, 0.3) is 0 Å². The van der Waals surface area contributed by atoms with Gasteiger partial charge in [0.2, 0.25) is 10.0 Å². The summed E-state index contributed by atoms with van der Waals surface area (Å²) in [5.74, 6) is 2.35. The fourth-order valence-electron chi connectivity index (χ4n) is 1.22. The molecule has 0 heterocycles. The zero-order chi connectivity index (χ0) is 12.7. The molecule has 5 heteroatoms. The lowest BCUT2D eigenvalue weighted by Gasteiger charge is -2.05. The highest BCUT2D eigenvalue weighted by Crippen LogP contribution is 2.10. The Balaban J connectivity index is 2.79. The van der Waals surface area contributed by atoms with Gasteiger partial charge < -0.3 is 0 Å². The second kappa shape index (κ2) is 6.05. The lowest BCUT2D eigenvalue weighted by molar-refractivity contribution is 0.582. The minimum atomic E-state index is -3.49. The summed E-state index contributed by atoms with van der Waals surface area (Å²) in [4.78, 5) is 0.177. The lowest BCUT2D eigenvalue weighted by Crippen LogP contribution is -2.24. The van der Waals surface area contributed by atoms with Crippen molar-refractivity contribution in [2.75, 3.05) is 6.54 Å². The molecule has 4 nitrogen and oxygen atoms in total. The van der Waals surface area contributed by atoms with E-state index >= 15 is 0 Å². The predicted molar refractivity (Wildman–Crippen MR) is 64.4 cm³/mol. The first kappa shape index (κ1) is 13.2. The van der Waals surface area contributed by atoms with Crippen LogP contribution in [0.15, 0.2) is 29.2 Å². The van der Waals surface area contributed by atoms with Crippen LogP contribution in [0.5, 0.6) is 0 Å². The van der Waals surface area contributed by atoms with Crippen molar-refractivity contribution < 1.29 is 8.42 Å². The zero-order valence-corrected chi connectivity index (χ0v) is 10.00. The molecule has 0 saturated carbocycles. The second-order valence-corrected chi connectivity index (χ2v) is 5.10. The van der Waals surface area contributed by atoms with E-state index in [0.717, 1.165) is 5.56 Å². The molecule has 0 spiro atoms. The topological polar surface area (TPSA) is 70.0 Å². The van der Waals surface area contributed by atoms with E-state index in [0.29, 0.717) is 6.42 Å². The first-order valence-corrected chi connectivity index (χ1v) is 6.47. The normalized spacial score (nSPS) is 10.5. The van der Waals surface area contributed by atoms with E-state index < -0.39 is 10.0 Å². The Morgan fingerprint density at radius 1 is 1.29 bits per heavy atom. The molecule has 1 aromatic carbocycles. The fourth-order valence-corrected chi connectivity index (χ4v) is 2.25. The molecule has 0 aliphatic rings. The molecule has 0 aliphatic carbocycles. The van der Waals surface area contributed by atoms with Crippen molar-refractivity contribution in [1.82, 2.24) is 4.72 Å². The summed E-state index contributed by atoms with van der Waals surface area (Å²) in [5, 5.41) is 8.49. The van der Waals surface area contributed by atoms with Crippen LogP contribution in [-0.4, -0.2) is 15.0 Å². The molecule has 1 N–H and O–H groups in total. The highest BCUT2D eigenvalue weighted by molar-refractivity contribution is 7.89. The molecule has 88 valence electrons. The van der Waals surface area contributed by atoms with Crippen molar-refractivity contribution in [3.05, 3.63) is 29.8 Å². The number of terminal acetylenes is 1. The Bertz CT molecular complexity index is 548. The highest BCUT2D eigenvalue weighted by atomic mass is 32.2. The van der Waals surface area contributed by atoms with Crippen LogP contribution in [0.1, 0.15) is 12.0 Å². The number of nitrogens with one attached hydrogen (secondary N) is 1. The van der Waals surface area contributed by atoms with Crippen molar-refractivity contribution in [3.63, 3.8) is 0 Å². The third kappa shape index (κ3) is 3.92. The highest BCUT2D eigenvalue weighted by Gasteiger charge is 2.12. The third-order valence-corrected chi connectivity index (χ3v) is 3.56. The van der Waals surface area contributed by atoms with E-state index in [-0.39, 0.29) is 17.9 Å². The molecule has 0 saturated heterocycles. The summed E-state index contributed by atoms with van der Waals surface area (Å²) < 4.78 is 25.9. The van der Waals surface area contributed by atoms with Gasteiger partial charge in [0, 0.05) is 13.0 Å². The molecular formula is C12H12N2O2S. The molecule has 1 aromatic rings. The maximum Gasteiger partial charge on any atom is 0.240 e. The number of hydrogen-bond acceptors (Lipinski definition) is 3.